The predicted octanol–water partition coefficient (Wildman–Crippen LogP) is 3.98. The number of amides is 1. The lowest BCUT2D eigenvalue weighted by molar-refractivity contribution is 0.0980. The maximum Gasteiger partial charge on any atom is 0.280 e. The number of rotatable bonds is 6. The van der Waals surface area contributed by atoms with Gasteiger partial charge in [-0.05, 0) is 59.0 Å². The molecule has 2 heterocycles. The highest BCUT2D eigenvalue weighted by Crippen LogP contribution is 2.33. The minimum atomic E-state index is -0.0822. The first kappa shape index (κ1) is 22.3. The minimum absolute atomic E-state index is 0. The molecule has 3 aromatic rings. The number of thiazole rings is 1. The van der Waals surface area contributed by atoms with Crippen molar-refractivity contribution in [1.82, 2.24) is 19.7 Å². The van der Waals surface area contributed by atoms with E-state index < -0.39 is 0 Å². The van der Waals surface area contributed by atoms with Gasteiger partial charge in [-0.15, -0.1) is 12.4 Å². The number of aryl methyl sites for hydroxylation is 4. The number of nitrogens with zero attached hydrogens (tertiary/aromatic N) is 5. The monoisotopic (exact) mass is 421 g/mol. The van der Waals surface area contributed by atoms with E-state index >= 15 is 0 Å². The van der Waals surface area contributed by atoms with Crippen molar-refractivity contribution >= 4 is 45.0 Å². The highest BCUT2D eigenvalue weighted by Gasteiger charge is 2.25. The number of halogens is 1. The lowest BCUT2D eigenvalue weighted by atomic mass is 10.1. The second-order valence-electron chi connectivity index (χ2n) is 7.32. The highest BCUT2D eigenvalue weighted by atomic mass is 35.5. The second kappa shape index (κ2) is 9.03. The van der Waals surface area contributed by atoms with Crippen LogP contribution in [0.4, 0.5) is 5.13 Å². The summed E-state index contributed by atoms with van der Waals surface area (Å²) in [7, 11) is 5.92. The molecule has 28 heavy (non-hydrogen) atoms. The average Bonchev–Trinajstić information content (AvgIpc) is 3.18. The number of aromatic nitrogens is 3. The molecule has 1 aromatic carbocycles. The summed E-state index contributed by atoms with van der Waals surface area (Å²) < 4.78 is 2.83. The third-order valence-corrected chi connectivity index (χ3v) is 5.82. The molecule has 0 bridgehead atoms. The van der Waals surface area contributed by atoms with Crippen LogP contribution in [0.15, 0.2) is 18.3 Å². The van der Waals surface area contributed by atoms with Crippen LogP contribution in [-0.2, 0) is 7.05 Å². The van der Waals surface area contributed by atoms with Gasteiger partial charge in [-0.25, -0.2) is 4.98 Å². The Balaban J connectivity index is 0.00000280. The normalized spacial score (nSPS) is 11.1. The van der Waals surface area contributed by atoms with E-state index in [-0.39, 0.29) is 18.3 Å². The minimum Gasteiger partial charge on any atom is -0.309 e. The molecule has 2 aromatic heterocycles. The van der Waals surface area contributed by atoms with Crippen LogP contribution in [0.2, 0.25) is 0 Å². The number of anilines is 1. The van der Waals surface area contributed by atoms with Gasteiger partial charge in [-0.2, -0.15) is 5.10 Å². The van der Waals surface area contributed by atoms with Gasteiger partial charge in [0.25, 0.3) is 5.91 Å². The van der Waals surface area contributed by atoms with E-state index in [1.807, 2.05) is 34.3 Å². The SMILES string of the molecule is Cc1cn(C)nc1C(=O)N(CCCN(C)C)c1nc2c(C)ccc(C)c2s1.Cl. The Morgan fingerprint density at radius 3 is 2.36 bits per heavy atom. The van der Waals surface area contributed by atoms with Crippen molar-refractivity contribution in [2.75, 3.05) is 32.1 Å². The molecule has 152 valence electrons. The van der Waals surface area contributed by atoms with Crippen molar-refractivity contribution in [3.63, 3.8) is 0 Å². The van der Waals surface area contributed by atoms with Gasteiger partial charge in [-0.3, -0.25) is 14.4 Å². The molecule has 0 aliphatic heterocycles. The van der Waals surface area contributed by atoms with Gasteiger partial charge in [0.05, 0.1) is 10.2 Å². The smallest absolute Gasteiger partial charge is 0.280 e. The Kier molecular flexibility index (Phi) is 7.20. The second-order valence-corrected chi connectivity index (χ2v) is 8.30. The number of carbonyl (C=O) groups excluding carboxylic acids is 1. The summed E-state index contributed by atoms with van der Waals surface area (Å²) in [6.07, 6.45) is 2.75. The van der Waals surface area contributed by atoms with E-state index in [1.165, 1.54) is 5.56 Å². The van der Waals surface area contributed by atoms with Crippen LogP contribution in [-0.4, -0.2) is 52.8 Å². The Morgan fingerprint density at radius 1 is 1.11 bits per heavy atom. The van der Waals surface area contributed by atoms with Gasteiger partial charge >= 0.3 is 0 Å². The number of hydrogen-bond donors (Lipinski definition) is 0. The van der Waals surface area contributed by atoms with E-state index in [2.05, 4.69) is 36.0 Å². The van der Waals surface area contributed by atoms with Crippen LogP contribution in [0.3, 0.4) is 0 Å². The molecule has 0 atom stereocenters. The Morgan fingerprint density at radius 2 is 1.79 bits per heavy atom. The molecule has 6 nitrogen and oxygen atoms in total. The number of fused-ring (bicyclic) bond motifs is 1. The van der Waals surface area contributed by atoms with Gasteiger partial charge in [0, 0.05) is 25.4 Å². The maximum atomic E-state index is 13.3. The molecule has 0 aliphatic carbocycles. The van der Waals surface area contributed by atoms with Gasteiger partial charge in [-0.1, -0.05) is 23.5 Å². The van der Waals surface area contributed by atoms with E-state index in [9.17, 15) is 4.79 Å². The fourth-order valence-electron chi connectivity index (χ4n) is 3.14. The van der Waals surface area contributed by atoms with Gasteiger partial charge in [0.15, 0.2) is 10.8 Å². The standard InChI is InChI=1S/C20H27N5OS.ClH/c1-13-8-9-14(2)18-16(13)21-20(27-18)25(11-7-10-23(4)5)19(26)17-15(3)12-24(6)22-17;/h8-9,12H,7,10-11H2,1-6H3;1H. The third-order valence-electron chi connectivity index (χ3n) is 4.61. The van der Waals surface area contributed by atoms with Gasteiger partial charge < -0.3 is 4.90 Å². The predicted molar refractivity (Wildman–Crippen MR) is 119 cm³/mol. The molecule has 0 unspecified atom stereocenters. The van der Waals surface area contributed by atoms with Gasteiger partial charge in [0.1, 0.15) is 0 Å². The van der Waals surface area contributed by atoms with Crippen molar-refractivity contribution in [3.05, 3.63) is 40.7 Å². The maximum absolute atomic E-state index is 13.3. The van der Waals surface area contributed by atoms with Crippen molar-refractivity contribution in [2.24, 2.45) is 7.05 Å². The third kappa shape index (κ3) is 4.54. The summed E-state index contributed by atoms with van der Waals surface area (Å²) in [6, 6.07) is 4.20. The Hall–Kier alpha value is -1.96. The van der Waals surface area contributed by atoms with E-state index in [0.29, 0.717) is 12.2 Å². The van der Waals surface area contributed by atoms with Crippen LogP contribution >= 0.6 is 23.7 Å². The van der Waals surface area contributed by atoms with E-state index in [4.69, 9.17) is 4.98 Å². The lowest BCUT2D eigenvalue weighted by Gasteiger charge is -2.20. The van der Waals surface area contributed by atoms with Crippen LogP contribution in [0.5, 0.6) is 0 Å². The van der Waals surface area contributed by atoms with Crippen molar-refractivity contribution in [1.29, 1.82) is 0 Å². The molecule has 8 heteroatoms. The summed E-state index contributed by atoms with van der Waals surface area (Å²) in [5.41, 5.74) is 4.68. The molecule has 0 N–H and O–H groups in total. The topological polar surface area (TPSA) is 54.3 Å². The summed E-state index contributed by atoms with van der Waals surface area (Å²) in [6.45, 7) is 7.60. The molecule has 0 spiro atoms. The Labute approximate surface area is 176 Å². The van der Waals surface area contributed by atoms with Crippen LogP contribution < -0.4 is 4.90 Å². The van der Waals surface area contributed by atoms with Crippen LogP contribution in [0.1, 0.15) is 33.6 Å². The zero-order valence-corrected chi connectivity index (χ0v) is 18.9. The quantitative estimate of drug-likeness (QED) is 0.604. The zero-order chi connectivity index (χ0) is 19.7. The van der Waals surface area contributed by atoms with Crippen molar-refractivity contribution < 1.29 is 4.79 Å². The average molecular weight is 422 g/mol. The first-order valence-electron chi connectivity index (χ1n) is 9.11. The van der Waals surface area contributed by atoms with Crippen molar-refractivity contribution in [3.8, 4) is 0 Å². The summed E-state index contributed by atoms with van der Waals surface area (Å²) in [4.78, 5) is 22.1. The molecule has 3 rings (SSSR count). The molecule has 0 fully saturated rings. The fourth-order valence-corrected chi connectivity index (χ4v) is 4.27. The first-order chi connectivity index (χ1) is 12.8. The lowest BCUT2D eigenvalue weighted by Crippen LogP contribution is -2.34. The molecule has 0 radical (unpaired) electrons. The fraction of sp³-hybridized carbons (Fsp3) is 0.450. The largest absolute Gasteiger partial charge is 0.309 e. The zero-order valence-electron chi connectivity index (χ0n) is 17.3. The molecule has 0 aliphatic rings. The van der Waals surface area contributed by atoms with E-state index in [1.54, 1.807) is 20.9 Å². The number of benzene rings is 1. The summed E-state index contributed by atoms with van der Waals surface area (Å²) in [5.74, 6) is -0.0822. The Bertz CT molecular complexity index is 940. The summed E-state index contributed by atoms with van der Waals surface area (Å²) >= 11 is 1.59. The van der Waals surface area contributed by atoms with Crippen molar-refractivity contribution in [2.45, 2.75) is 27.2 Å². The van der Waals surface area contributed by atoms with Crippen LogP contribution in [0.25, 0.3) is 10.2 Å². The first-order valence-corrected chi connectivity index (χ1v) is 9.93. The molecule has 0 saturated heterocycles. The van der Waals surface area contributed by atoms with Crippen LogP contribution in [0, 0.1) is 20.8 Å². The molecule has 1 amide bonds. The number of hydrogen-bond acceptors (Lipinski definition) is 5. The molecular formula is C20H28ClN5OS. The highest BCUT2D eigenvalue weighted by molar-refractivity contribution is 7.22. The molecular weight excluding hydrogens is 394 g/mol. The number of carbonyl (C=O) groups is 1. The summed E-state index contributed by atoms with van der Waals surface area (Å²) in [5, 5.41) is 5.13. The molecule has 0 saturated carbocycles. The van der Waals surface area contributed by atoms with Gasteiger partial charge in [0.2, 0.25) is 0 Å². The van der Waals surface area contributed by atoms with E-state index in [0.717, 1.165) is 39.4 Å².